The van der Waals surface area contributed by atoms with Crippen LogP contribution in [0.2, 0.25) is 0 Å². The van der Waals surface area contributed by atoms with Crippen molar-refractivity contribution in [1.29, 1.82) is 0 Å². The Hall–Kier alpha value is -1.20. The maximum atomic E-state index is 12.3. The van der Waals surface area contributed by atoms with Crippen LogP contribution in [0.3, 0.4) is 0 Å². The second-order valence-corrected chi connectivity index (χ2v) is 5.44. The largest absolute Gasteiger partial charge is 0.380 e. The van der Waals surface area contributed by atoms with Crippen molar-refractivity contribution in [2.24, 2.45) is 0 Å². The number of nitrogens with one attached hydrogen (secondary N) is 1. The zero-order valence-corrected chi connectivity index (χ0v) is 12.0. The van der Waals surface area contributed by atoms with Crippen LogP contribution in [0.5, 0.6) is 0 Å². The second-order valence-electron chi connectivity index (χ2n) is 5.44. The lowest BCUT2D eigenvalue weighted by molar-refractivity contribution is -0.141. The molecule has 1 saturated heterocycles. The Labute approximate surface area is 120 Å². The molecule has 0 aromatic carbocycles. The number of likely N-dealkylation sites (tertiary alicyclic amines) is 1. The average molecular weight is 280 g/mol. The van der Waals surface area contributed by atoms with Crippen LogP contribution < -0.4 is 5.32 Å². The zero-order chi connectivity index (χ0) is 14.4. The van der Waals surface area contributed by atoms with Crippen molar-refractivity contribution in [2.75, 3.05) is 19.8 Å². The SMILES string of the molecule is C=CCCOCCNC1CC(=O)N(C2CCCC2)C1=O. The van der Waals surface area contributed by atoms with Crippen LogP contribution in [0, 0.1) is 0 Å². The first-order chi connectivity index (χ1) is 9.74. The summed E-state index contributed by atoms with van der Waals surface area (Å²) in [5.74, 6) is -0.0695. The summed E-state index contributed by atoms with van der Waals surface area (Å²) in [7, 11) is 0. The van der Waals surface area contributed by atoms with Gasteiger partial charge in [0.2, 0.25) is 11.8 Å². The van der Waals surface area contributed by atoms with Gasteiger partial charge in [-0.15, -0.1) is 6.58 Å². The fourth-order valence-corrected chi connectivity index (χ4v) is 2.93. The van der Waals surface area contributed by atoms with Gasteiger partial charge in [-0.1, -0.05) is 18.9 Å². The molecule has 2 aliphatic rings. The summed E-state index contributed by atoms with van der Waals surface area (Å²) in [5, 5.41) is 3.13. The summed E-state index contributed by atoms with van der Waals surface area (Å²) < 4.78 is 5.38. The quantitative estimate of drug-likeness (QED) is 0.413. The third-order valence-electron chi connectivity index (χ3n) is 3.98. The number of carbonyl (C=O) groups is 2. The molecule has 2 amide bonds. The molecular formula is C15H24N2O3. The molecule has 0 bridgehead atoms. The van der Waals surface area contributed by atoms with E-state index in [2.05, 4.69) is 11.9 Å². The highest BCUT2D eigenvalue weighted by molar-refractivity contribution is 6.05. The van der Waals surface area contributed by atoms with Crippen LogP contribution in [-0.4, -0.2) is 48.6 Å². The molecular weight excluding hydrogens is 256 g/mol. The topological polar surface area (TPSA) is 58.6 Å². The van der Waals surface area contributed by atoms with Gasteiger partial charge in [-0.05, 0) is 19.3 Å². The van der Waals surface area contributed by atoms with Gasteiger partial charge in [-0.3, -0.25) is 14.5 Å². The average Bonchev–Trinajstić information content (AvgIpc) is 3.03. The van der Waals surface area contributed by atoms with Crippen molar-refractivity contribution >= 4 is 11.8 Å². The molecule has 1 atom stereocenters. The minimum absolute atomic E-state index is 0.0213. The molecule has 5 heteroatoms. The van der Waals surface area contributed by atoms with Crippen molar-refractivity contribution in [2.45, 2.75) is 50.6 Å². The molecule has 0 spiro atoms. The molecule has 2 fully saturated rings. The summed E-state index contributed by atoms with van der Waals surface area (Å²) >= 11 is 0. The van der Waals surface area contributed by atoms with Crippen molar-refractivity contribution in [3.63, 3.8) is 0 Å². The number of amides is 2. The normalized spacial score (nSPS) is 23.8. The number of hydrogen-bond acceptors (Lipinski definition) is 4. The maximum absolute atomic E-state index is 12.3. The monoisotopic (exact) mass is 280 g/mol. The molecule has 1 saturated carbocycles. The van der Waals surface area contributed by atoms with E-state index in [1.165, 1.54) is 4.90 Å². The maximum Gasteiger partial charge on any atom is 0.247 e. The van der Waals surface area contributed by atoms with Crippen molar-refractivity contribution in [1.82, 2.24) is 10.2 Å². The predicted octanol–water partition coefficient (Wildman–Crippen LogP) is 1.24. The Morgan fingerprint density at radius 2 is 2.05 bits per heavy atom. The second kappa shape index (κ2) is 7.55. The predicted molar refractivity (Wildman–Crippen MR) is 76.1 cm³/mol. The first-order valence-electron chi connectivity index (χ1n) is 7.52. The Morgan fingerprint density at radius 1 is 1.30 bits per heavy atom. The van der Waals surface area contributed by atoms with E-state index in [4.69, 9.17) is 4.74 Å². The van der Waals surface area contributed by atoms with Gasteiger partial charge in [-0.25, -0.2) is 0 Å². The minimum atomic E-state index is -0.355. The summed E-state index contributed by atoms with van der Waals surface area (Å²) in [6.07, 6.45) is 7.11. The van der Waals surface area contributed by atoms with Gasteiger partial charge in [0.15, 0.2) is 0 Å². The van der Waals surface area contributed by atoms with Crippen LogP contribution in [0.15, 0.2) is 12.7 Å². The lowest BCUT2D eigenvalue weighted by Gasteiger charge is -2.22. The van der Waals surface area contributed by atoms with Gasteiger partial charge < -0.3 is 10.1 Å². The fourth-order valence-electron chi connectivity index (χ4n) is 2.93. The van der Waals surface area contributed by atoms with E-state index >= 15 is 0 Å². The Bertz CT molecular complexity index is 364. The van der Waals surface area contributed by atoms with E-state index in [1.54, 1.807) is 0 Å². The number of hydrogen-bond donors (Lipinski definition) is 1. The van der Waals surface area contributed by atoms with Gasteiger partial charge in [0.05, 0.1) is 25.7 Å². The molecule has 5 nitrogen and oxygen atoms in total. The molecule has 0 aromatic heterocycles. The van der Waals surface area contributed by atoms with Gasteiger partial charge in [0, 0.05) is 12.6 Å². The van der Waals surface area contributed by atoms with Gasteiger partial charge in [0.25, 0.3) is 0 Å². The van der Waals surface area contributed by atoms with E-state index in [9.17, 15) is 9.59 Å². The molecule has 1 aliphatic heterocycles. The van der Waals surface area contributed by atoms with E-state index in [0.29, 0.717) is 26.2 Å². The highest BCUT2D eigenvalue weighted by atomic mass is 16.5. The fraction of sp³-hybridized carbons (Fsp3) is 0.733. The number of carbonyl (C=O) groups excluding carboxylic acids is 2. The van der Waals surface area contributed by atoms with Gasteiger partial charge >= 0.3 is 0 Å². The van der Waals surface area contributed by atoms with Gasteiger partial charge in [0.1, 0.15) is 0 Å². The molecule has 1 heterocycles. The molecule has 0 aromatic rings. The third-order valence-corrected chi connectivity index (χ3v) is 3.98. The van der Waals surface area contributed by atoms with Crippen LogP contribution in [0.25, 0.3) is 0 Å². The molecule has 0 radical (unpaired) electrons. The summed E-state index contributed by atoms with van der Waals surface area (Å²) in [6, 6.07) is -0.211. The number of imide groups is 1. The van der Waals surface area contributed by atoms with E-state index in [1.807, 2.05) is 6.08 Å². The third kappa shape index (κ3) is 3.67. The number of ether oxygens (including phenoxy) is 1. The molecule has 2 rings (SSSR count). The highest BCUT2D eigenvalue weighted by Gasteiger charge is 2.42. The molecule has 20 heavy (non-hydrogen) atoms. The van der Waals surface area contributed by atoms with E-state index in [0.717, 1.165) is 32.1 Å². The molecule has 1 aliphatic carbocycles. The van der Waals surface area contributed by atoms with Crippen molar-refractivity contribution < 1.29 is 14.3 Å². The lowest BCUT2D eigenvalue weighted by Crippen LogP contribution is -2.43. The van der Waals surface area contributed by atoms with E-state index in [-0.39, 0.29) is 23.9 Å². The highest BCUT2D eigenvalue weighted by Crippen LogP contribution is 2.27. The number of rotatable bonds is 8. The first-order valence-corrected chi connectivity index (χ1v) is 7.52. The zero-order valence-electron chi connectivity index (χ0n) is 12.0. The van der Waals surface area contributed by atoms with Crippen LogP contribution in [0.1, 0.15) is 38.5 Å². The van der Waals surface area contributed by atoms with E-state index < -0.39 is 0 Å². The molecule has 1 unspecified atom stereocenters. The Morgan fingerprint density at radius 3 is 2.75 bits per heavy atom. The molecule has 1 N–H and O–H groups in total. The Kier molecular flexibility index (Phi) is 5.73. The van der Waals surface area contributed by atoms with Crippen LogP contribution in [0.4, 0.5) is 0 Å². The van der Waals surface area contributed by atoms with Gasteiger partial charge in [-0.2, -0.15) is 0 Å². The van der Waals surface area contributed by atoms with Crippen molar-refractivity contribution in [3.05, 3.63) is 12.7 Å². The summed E-state index contributed by atoms with van der Waals surface area (Å²) in [6.45, 7) is 5.42. The summed E-state index contributed by atoms with van der Waals surface area (Å²) in [4.78, 5) is 25.7. The smallest absolute Gasteiger partial charge is 0.247 e. The standard InChI is InChI=1S/C15H24N2O3/c1-2-3-9-20-10-8-16-13-11-14(18)17(15(13)19)12-6-4-5-7-12/h2,12-13,16H,1,3-11H2. The van der Waals surface area contributed by atoms with Crippen molar-refractivity contribution in [3.8, 4) is 0 Å². The first kappa shape index (κ1) is 15.2. The Balaban J connectivity index is 1.72. The summed E-state index contributed by atoms with van der Waals surface area (Å²) in [5.41, 5.74) is 0. The molecule has 112 valence electrons. The van der Waals surface area contributed by atoms with Crippen LogP contribution >= 0.6 is 0 Å². The van der Waals surface area contributed by atoms with Crippen LogP contribution in [-0.2, 0) is 14.3 Å². The number of nitrogens with zero attached hydrogens (tertiary/aromatic N) is 1. The minimum Gasteiger partial charge on any atom is -0.380 e. The lowest BCUT2D eigenvalue weighted by atomic mass is 10.2.